The van der Waals surface area contributed by atoms with E-state index in [4.69, 9.17) is 0 Å². The molecule has 0 amide bonds. The summed E-state index contributed by atoms with van der Waals surface area (Å²) >= 11 is 0. The van der Waals surface area contributed by atoms with Gasteiger partial charge in [-0.1, -0.05) is 0 Å². The first-order valence-electron chi connectivity index (χ1n) is 7.69. The number of piperazine rings is 1. The van der Waals surface area contributed by atoms with Gasteiger partial charge in [-0.3, -0.25) is 4.57 Å². The highest BCUT2D eigenvalue weighted by molar-refractivity contribution is 7.90. The highest BCUT2D eigenvalue weighted by atomic mass is 32.2. The molecule has 3 heterocycles. The van der Waals surface area contributed by atoms with E-state index < -0.39 is 10.0 Å². The fourth-order valence-electron chi connectivity index (χ4n) is 2.79. The predicted octanol–water partition coefficient (Wildman–Crippen LogP) is 0.276. The minimum absolute atomic E-state index is 0.138. The van der Waals surface area contributed by atoms with Crippen LogP contribution >= 0.6 is 0 Å². The Kier molecular flexibility index (Phi) is 3.53. The van der Waals surface area contributed by atoms with Gasteiger partial charge in [-0.2, -0.15) is 4.31 Å². The van der Waals surface area contributed by atoms with Crippen LogP contribution in [0, 0.1) is 0 Å². The molecule has 0 aromatic carbocycles. The molecule has 0 unspecified atom stereocenters. The fraction of sp³-hybridized carbons (Fsp3) is 0.500. The minimum atomic E-state index is -3.08. The monoisotopic (exact) mass is 334 g/mol. The lowest BCUT2D eigenvalue weighted by atomic mass is 10.3. The molecule has 0 N–H and O–H groups in total. The summed E-state index contributed by atoms with van der Waals surface area (Å²) in [6.07, 6.45) is 8.35. The summed E-state index contributed by atoms with van der Waals surface area (Å²) in [5, 5.41) is -0.138. The van der Waals surface area contributed by atoms with Crippen molar-refractivity contribution >= 4 is 15.8 Å². The molecule has 122 valence electrons. The number of aromatic nitrogens is 4. The molecule has 1 saturated carbocycles. The van der Waals surface area contributed by atoms with E-state index in [0.717, 1.165) is 24.5 Å². The van der Waals surface area contributed by atoms with E-state index >= 15 is 0 Å². The van der Waals surface area contributed by atoms with E-state index in [9.17, 15) is 8.42 Å². The van der Waals surface area contributed by atoms with E-state index in [0.29, 0.717) is 26.2 Å². The second kappa shape index (κ2) is 5.57. The maximum atomic E-state index is 12.3. The first kappa shape index (κ1) is 14.6. The molecule has 1 aliphatic carbocycles. The lowest BCUT2D eigenvalue weighted by molar-refractivity contribution is 0.383. The lowest BCUT2D eigenvalue weighted by Crippen LogP contribution is -2.49. The van der Waals surface area contributed by atoms with Gasteiger partial charge in [-0.25, -0.2) is 23.4 Å². The normalized spacial score (nSPS) is 19.9. The van der Waals surface area contributed by atoms with Gasteiger partial charge in [0.25, 0.3) is 0 Å². The third kappa shape index (κ3) is 2.81. The van der Waals surface area contributed by atoms with Crippen LogP contribution in [-0.2, 0) is 10.0 Å². The summed E-state index contributed by atoms with van der Waals surface area (Å²) in [5.41, 5.74) is 0. The number of hydrogen-bond acceptors (Lipinski definition) is 6. The zero-order valence-corrected chi connectivity index (χ0v) is 13.4. The first-order valence-corrected chi connectivity index (χ1v) is 9.19. The smallest absolute Gasteiger partial charge is 0.217 e. The van der Waals surface area contributed by atoms with Gasteiger partial charge >= 0.3 is 0 Å². The average molecular weight is 334 g/mol. The van der Waals surface area contributed by atoms with Crippen molar-refractivity contribution in [2.45, 2.75) is 18.1 Å². The van der Waals surface area contributed by atoms with Gasteiger partial charge in [-0.05, 0) is 12.8 Å². The van der Waals surface area contributed by atoms with Crippen LogP contribution < -0.4 is 4.90 Å². The van der Waals surface area contributed by atoms with Crippen LogP contribution in [0.1, 0.15) is 12.8 Å². The summed E-state index contributed by atoms with van der Waals surface area (Å²) in [5.74, 6) is 1.56. The molecular formula is C14H18N6O2S. The highest BCUT2D eigenvalue weighted by Gasteiger charge is 2.41. The van der Waals surface area contributed by atoms with Crippen LogP contribution in [0.4, 0.5) is 5.82 Å². The largest absolute Gasteiger partial charge is 0.354 e. The summed E-state index contributed by atoms with van der Waals surface area (Å²) in [6.45, 7) is 2.32. The van der Waals surface area contributed by atoms with Crippen molar-refractivity contribution in [3.8, 4) is 5.82 Å². The Morgan fingerprint density at radius 3 is 2.43 bits per heavy atom. The molecule has 0 bridgehead atoms. The molecule has 8 nitrogen and oxygen atoms in total. The molecule has 9 heteroatoms. The van der Waals surface area contributed by atoms with E-state index in [1.54, 1.807) is 16.8 Å². The zero-order chi connectivity index (χ0) is 15.9. The van der Waals surface area contributed by atoms with Crippen molar-refractivity contribution in [2.75, 3.05) is 31.1 Å². The minimum Gasteiger partial charge on any atom is -0.354 e. The molecule has 2 aliphatic rings. The molecule has 0 spiro atoms. The van der Waals surface area contributed by atoms with E-state index in [1.807, 2.05) is 16.8 Å². The van der Waals surface area contributed by atoms with Crippen molar-refractivity contribution < 1.29 is 8.42 Å². The Bertz CT molecular complexity index is 779. The van der Waals surface area contributed by atoms with Gasteiger partial charge < -0.3 is 4.90 Å². The summed E-state index contributed by atoms with van der Waals surface area (Å²) in [6, 6.07) is 1.90. The molecule has 2 aromatic heterocycles. The zero-order valence-electron chi connectivity index (χ0n) is 12.6. The van der Waals surface area contributed by atoms with Crippen LogP contribution in [0.25, 0.3) is 5.82 Å². The second-order valence-corrected chi connectivity index (χ2v) is 8.05. The summed E-state index contributed by atoms with van der Waals surface area (Å²) < 4.78 is 28.0. The van der Waals surface area contributed by atoms with Gasteiger partial charge in [0.2, 0.25) is 10.0 Å². The average Bonchev–Trinajstić information content (AvgIpc) is 3.31. The standard InChI is InChI=1S/C14H18N6O2S/c21-23(22,12-1-2-12)20-7-5-18(6-8-20)13-9-14(17-10-16-13)19-4-3-15-11-19/h3-4,9-12H,1-2,5-8H2. The maximum Gasteiger partial charge on any atom is 0.217 e. The summed E-state index contributed by atoms with van der Waals surface area (Å²) in [4.78, 5) is 14.7. The Morgan fingerprint density at radius 1 is 1.04 bits per heavy atom. The van der Waals surface area contributed by atoms with Gasteiger partial charge in [0.1, 0.15) is 24.3 Å². The number of rotatable bonds is 4. The van der Waals surface area contributed by atoms with Gasteiger partial charge in [0, 0.05) is 44.6 Å². The van der Waals surface area contributed by atoms with Crippen molar-refractivity contribution in [2.24, 2.45) is 0 Å². The number of hydrogen-bond donors (Lipinski definition) is 0. The lowest BCUT2D eigenvalue weighted by Gasteiger charge is -2.34. The highest BCUT2D eigenvalue weighted by Crippen LogP contribution is 2.31. The van der Waals surface area contributed by atoms with Crippen molar-refractivity contribution in [3.63, 3.8) is 0 Å². The Morgan fingerprint density at radius 2 is 1.78 bits per heavy atom. The molecule has 1 aliphatic heterocycles. The maximum absolute atomic E-state index is 12.3. The number of anilines is 1. The number of nitrogens with zero attached hydrogens (tertiary/aromatic N) is 6. The SMILES string of the molecule is O=S(=O)(C1CC1)N1CCN(c2cc(-n3ccnc3)ncn2)CC1. The number of imidazole rings is 1. The van der Waals surface area contributed by atoms with Crippen molar-refractivity contribution in [1.82, 2.24) is 23.8 Å². The van der Waals surface area contributed by atoms with Crippen LogP contribution in [0.3, 0.4) is 0 Å². The third-order valence-electron chi connectivity index (χ3n) is 4.28. The number of sulfonamides is 1. The van der Waals surface area contributed by atoms with E-state index in [1.165, 1.54) is 6.33 Å². The molecule has 23 heavy (non-hydrogen) atoms. The Labute approximate surface area is 134 Å². The van der Waals surface area contributed by atoms with E-state index in [2.05, 4.69) is 19.9 Å². The molecule has 4 rings (SSSR count). The van der Waals surface area contributed by atoms with Gasteiger partial charge in [0.15, 0.2) is 0 Å². The Hall–Kier alpha value is -2.00. The molecule has 2 aromatic rings. The van der Waals surface area contributed by atoms with E-state index in [-0.39, 0.29) is 5.25 Å². The second-order valence-electron chi connectivity index (χ2n) is 5.83. The quantitative estimate of drug-likeness (QED) is 0.798. The molecular weight excluding hydrogens is 316 g/mol. The Balaban J connectivity index is 1.47. The van der Waals surface area contributed by atoms with Crippen LogP contribution in [-0.4, -0.2) is 63.7 Å². The molecule has 2 fully saturated rings. The molecule has 0 atom stereocenters. The van der Waals surface area contributed by atoms with Gasteiger partial charge in [0.05, 0.1) is 5.25 Å². The van der Waals surface area contributed by atoms with Gasteiger partial charge in [-0.15, -0.1) is 0 Å². The predicted molar refractivity (Wildman–Crippen MR) is 84.9 cm³/mol. The third-order valence-corrected chi connectivity index (χ3v) is 6.67. The van der Waals surface area contributed by atoms with Crippen LogP contribution in [0.2, 0.25) is 0 Å². The first-order chi connectivity index (χ1) is 11.1. The van der Waals surface area contributed by atoms with Crippen LogP contribution in [0.15, 0.2) is 31.1 Å². The van der Waals surface area contributed by atoms with Crippen LogP contribution in [0.5, 0.6) is 0 Å². The summed E-state index contributed by atoms with van der Waals surface area (Å²) in [7, 11) is -3.08. The topological polar surface area (TPSA) is 84.2 Å². The fourth-order valence-corrected chi connectivity index (χ4v) is 4.62. The molecule has 0 radical (unpaired) electrons. The van der Waals surface area contributed by atoms with Crippen molar-refractivity contribution in [3.05, 3.63) is 31.1 Å². The molecule has 1 saturated heterocycles. The van der Waals surface area contributed by atoms with Crippen molar-refractivity contribution in [1.29, 1.82) is 0 Å².